The second kappa shape index (κ2) is 6.76. The molecule has 1 aromatic carbocycles. The summed E-state index contributed by atoms with van der Waals surface area (Å²) in [5.74, 6) is 0.838. The molecule has 2 saturated heterocycles. The number of nitrogens with one attached hydrogen (secondary N) is 1. The van der Waals surface area contributed by atoms with Crippen LogP contribution in [0.3, 0.4) is 0 Å². The van der Waals surface area contributed by atoms with Crippen LogP contribution in [0.1, 0.15) is 6.42 Å². The molecule has 1 atom stereocenters. The Labute approximate surface area is 144 Å². The largest absolute Gasteiger partial charge is 0.447 e. The van der Waals surface area contributed by atoms with Gasteiger partial charge in [-0.05, 0) is 48.8 Å². The van der Waals surface area contributed by atoms with E-state index in [4.69, 9.17) is 17.0 Å². The van der Waals surface area contributed by atoms with Gasteiger partial charge in [0.1, 0.15) is 12.6 Å². The molecule has 2 aliphatic rings. The number of amides is 2. The molecule has 0 bridgehead atoms. The second-order valence-corrected chi connectivity index (χ2v) is 6.62. The molecular formula is C15H17N3O3S2. The van der Waals surface area contributed by atoms with Crippen molar-refractivity contribution in [3.8, 4) is 0 Å². The number of hydrogen-bond donors (Lipinski definition) is 1. The Bertz CT molecular complexity index is 653. The molecule has 2 aliphatic heterocycles. The first-order valence-corrected chi connectivity index (χ1v) is 9.10. The van der Waals surface area contributed by atoms with Gasteiger partial charge in [0.25, 0.3) is 5.91 Å². The van der Waals surface area contributed by atoms with Crippen molar-refractivity contribution in [3.05, 3.63) is 24.3 Å². The molecule has 1 N–H and O–H groups in total. The smallest absolute Gasteiger partial charge is 0.414 e. The van der Waals surface area contributed by atoms with Gasteiger partial charge in [-0.15, -0.1) is 0 Å². The number of thiocarbonyl (C=S) groups is 1. The monoisotopic (exact) mass is 351 g/mol. The van der Waals surface area contributed by atoms with Crippen LogP contribution in [-0.4, -0.2) is 48.3 Å². The molecule has 3 rings (SSSR count). The fourth-order valence-corrected chi connectivity index (χ4v) is 3.44. The SMILES string of the molecule is CSCCC1NC(=S)N(c2cccc(N3CCOC3=O)c2)C1=O. The molecule has 2 heterocycles. The fraction of sp³-hybridized carbons (Fsp3) is 0.400. The molecule has 8 heteroatoms. The Morgan fingerprint density at radius 3 is 2.87 bits per heavy atom. The molecule has 122 valence electrons. The Morgan fingerprint density at radius 1 is 1.39 bits per heavy atom. The van der Waals surface area contributed by atoms with Gasteiger partial charge in [-0.1, -0.05) is 6.07 Å². The first-order chi connectivity index (χ1) is 11.1. The molecule has 2 amide bonds. The molecule has 0 spiro atoms. The number of cyclic esters (lactones) is 1. The second-order valence-electron chi connectivity index (χ2n) is 5.24. The van der Waals surface area contributed by atoms with Crippen LogP contribution in [0.25, 0.3) is 0 Å². The van der Waals surface area contributed by atoms with E-state index in [0.29, 0.717) is 29.6 Å². The van der Waals surface area contributed by atoms with E-state index in [0.717, 1.165) is 12.2 Å². The van der Waals surface area contributed by atoms with Gasteiger partial charge in [0, 0.05) is 5.69 Å². The summed E-state index contributed by atoms with van der Waals surface area (Å²) in [6, 6.07) is 6.94. The first kappa shape index (κ1) is 16.1. The standard InChI is InChI=1S/C15H17N3O3S2/c1-23-8-5-12-13(19)18(14(22)16-12)11-4-2-3-10(9-11)17-6-7-21-15(17)20/h2-4,9,12H,5-8H2,1H3,(H,16,22). The van der Waals surface area contributed by atoms with Gasteiger partial charge in [-0.2, -0.15) is 11.8 Å². The van der Waals surface area contributed by atoms with E-state index in [2.05, 4.69) is 5.32 Å². The number of ether oxygens (including phenoxy) is 1. The third-order valence-corrected chi connectivity index (χ3v) is 4.73. The summed E-state index contributed by atoms with van der Waals surface area (Å²) in [5, 5.41) is 3.48. The van der Waals surface area contributed by atoms with E-state index in [1.54, 1.807) is 28.8 Å². The molecule has 0 aliphatic carbocycles. The Balaban J connectivity index is 1.82. The summed E-state index contributed by atoms with van der Waals surface area (Å²) in [7, 11) is 0. The highest BCUT2D eigenvalue weighted by Gasteiger charge is 2.36. The first-order valence-electron chi connectivity index (χ1n) is 7.29. The van der Waals surface area contributed by atoms with Gasteiger partial charge in [-0.3, -0.25) is 14.6 Å². The van der Waals surface area contributed by atoms with Crippen LogP contribution in [0.4, 0.5) is 16.2 Å². The highest BCUT2D eigenvalue weighted by molar-refractivity contribution is 7.98. The topological polar surface area (TPSA) is 61.9 Å². The lowest BCUT2D eigenvalue weighted by atomic mass is 10.2. The number of carbonyl (C=O) groups excluding carboxylic acids is 2. The highest BCUT2D eigenvalue weighted by Crippen LogP contribution is 2.27. The van der Waals surface area contributed by atoms with E-state index in [9.17, 15) is 9.59 Å². The van der Waals surface area contributed by atoms with Gasteiger partial charge in [-0.25, -0.2) is 4.79 Å². The van der Waals surface area contributed by atoms with E-state index in [-0.39, 0.29) is 18.0 Å². The van der Waals surface area contributed by atoms with Gasteiger partial charge in [0.15, 0.2) is 5.11 Å². The summed E-state index contributed by atoms with van der Waals surface area (Å²) in [4.78, 5) is 27.3. The molecule has 0 saturated carbocycles. The minimum atomic E-state index is -0.367. The summed E-state index contributed by atoms with van der Waals surface area (Å²) < 4.78 is 4.95. The molecular weight excluding hydrogens is 334 g/mol. The zero-order chi connectivity index (χ0) is 16.4. The highest BCUT2D eigenvalue weighted by atomic mass is 32.2. The third-order valence-electron chi connectivity index (χ3n) is 3.79. The zero-order valence-electron chi connectivity index (χ0n) is 12.7. The van der Waals surface area contributed by atoms with E-state index < -0.39 is 0 Å². The average molecular weight is 351 g/mol. The van der Waals surface area contributed by atoms with Crippen molar-refractivity contribution in [3.63, 3.8) is 0 Å². The van der Waals surface area contributed by atoms with E-state index in [1.807, 2.05) is 18.4 Å². The van der Waals surface area contributed by atoms with E-state index >= 15 is 0 Å². The molecule has 2 fully saturated rings. The minimum Gasteiger partial charge on any atom is -0.447 e. The zero-order valence-corrected chi connectivity index (χ0v) is 14.3. The van der Waals surface area contributed by atoms with Crippen LogP contribution in [-0.2, 0) is 9.53 Å². The van der Waals surface area contributed by atoms with Gasteiger partial charge in [0.05, 0.1) is 12.2 Å². The van der Waals surface area contributed by atoms with Gasteiger partial charge >= 0.3 is 6.09 Å². The number of thioether (sulfide) groups is 1. The van der Waals surface area contributed by atoms with Gasteiger partial charge < -0.3 is 10.1 Å². The lowest BCUT2D eigenvalue weighted by Gasteiger charge is -2.18. The number of nitrogens with zero attached hydrogens (tertiary/aromatic N) is 2. The Morgan fingerprint density at radius 2 is 2.17 bits per heavy atom. The van der Waals surface area contributed by atoms with Crippen LogP contribution in [0, 0.1) is 0 Å². The number of anilines is 2. The maximum absolute atomic E-state index is 12.6. The van der Waals surface area contributed by atoms with Crippen molar-refractivity contribution in [2.24, 2.45) is 0 Å². The molecule has 1 aromatic rings. The quantitative estimate of drug-likeness (QED) is 0.819. The van der Waals surface area contributed by atoms with Crippen LogP contribution in [0.2, 0.25) is 0 Å². The Kier molecular flexibility index (Phi) is 4.72. The molecule has 1 unspecified atom stereocenters. The van der Waals surface area contributed by atoms with Gasteiger partial charge in [0.2, 0.25) is 0 Å². The van der Waals surface area contributed by atoms with Crippen LogP contribution in [0.15, 0.2) is 24.3 Å². The summed E-state index contributed by atoms with van der Waals surface area (Å²) in [6.07, 6.45) is 2.37. The maximum Gasteiger partial charge on any atom is 0.414 e. The molecule has 23 heavy (non-hydrogen) atoms. The Hall–Kier alpha value is -1.80. The van der Waals surface area contributed by atoms with E-state index in [1.165, 1.54) is 4.90 Å². The van der Waals surface area contributed by atoms with Crippen molar-refractivity contribution in [1.29, 1.82) is 0 Å². The summed E-state index contributed by atoms with van der Waals surface area (Å²) in [6.45, 7) is 0.887. The summed E-state index contributed by atoms with van der Waals surface area (Å²) >= 11 is 7.01. The number of rotatable bonds is 5. The predicted octanol–water partition coefficient (Wildman–Crippen LogP) is 1.99. The van der Waals surface area contributed by atoms with Crippen molar-refractivity contribution in [2.45, 2.75) is 12.5 Å². The fourth-order valence-electron chi connectivity index (χ4n) is 2.64. The maximum atomic E-state index is 12.6. The summed E-state index contributed by atoms with van der Waals surface area (Å²) in [5.41, 5.74) is 1.37. The van der Waals surface area contributed by atoms with Crippen molar-refractivity contribution in [1.82, 2.24) is 5.32 Å². The number of hydrogen-bond acceptors (Lipinski definition) is 5. The van der Waals surface area contributed by atoms with Crippen molar-refractivity contribution in [2.75, 3.05) is 35.0 Å². The lowest BCUT2D eigenvalue weighted by Crippen LogP contribution is -2.32. The van der Waals surface area contributed by atoms with Crippen molar-refractivity contribution < 1.29 is 14.3 Å². The number of benzene rings is 1. The average Bonchev–Trinajstić information content (AvgIpc) is 3.09. The lowest BCUT2D eigenvalue weighted by molar-refractivity contribution is -0.118. The van der Waals surface area contributed by atoms with Crippen molar-refractivity contribution >= 4 is 52.5 Å². The molecule has 0 radical (unpaired) electrons. The minimum absolute atomic E-state index is 0.0507. The third kappa shape index (κ3) is 3.13. The molecule has 0 aromatic heterocycles. The van der Waals surface area contributed by atoms with Crippen LogP contribution >= 0.6 is 24.0 Å². The predicted molar refractivity (Wildman–Crippen MR) is 95.1 cm³/mol. The number of carbonyl (C=O) groups is 2. The normalized spacial score (nSPS) is 20.9. The molecule has 6 nitrogen and oxygen atoms in total. The van der Waals surface area contributed by atoms with Crippen LogP contribution in [0.5, 0.6) is 0 Å². The van der Waals surface area contributed by atoms with Crippen LogP contribution < -0.4 is 15.1 Å².